The minimum Gasteiger partial charge on any atom is -0.497 e. The van der Waals surface area contributed by atoms with Crippen LogP contribution in [0.5, 0.6) is 11.5 Å². The molecule has 0 aliphatic heterocycles. The maximum absolute atomic E-state index is 5.32. The molecule has 0 aliphatic carbocycles. The number of hydrogen-bond acceptors (Lipinski definition) is 3. The first-order valence-electron chi connectivity index (χ1n) is 7.34. The van der Waals surface area contributed by atoms with E-state index in [9.17, 15) is 0 Å². The van der Waals surface area contributed by atoms with Crippen molar-refractivity contribution in [2.75, 3.05) is 14.2 Å². The molecule has 23 heavy (non-hydrogen) atoms. The third-order valence-corrected chi connectivity index (χ3v) is 4.48. The van der Waals surface area contributed by atoms with Gasteiger partial charge in [-0.1, -0.05) is 42.5 Å². The Bertz CT molecular complexity index is 782. The molecule has 0 N–H and O–H groups in total. The van der Waals surface area contributed by atoms with E-state index in [1.807, 2.05) is 18.2 Å². The molecule has 0 saturated heterocycles. The fraction of sp³-hybridized carbons (Fsp3) is 0.100. The first-order valence-corrected chi connectivity index (χ1v) is 8.22. The van der Waals surface area contributed by atoms with Crippen molar-refractivity contribution in [3.05, 3.63) is 71.1 Å². The van der Waals surface area contributed by atoms with Gasteiger partial charge in [0.05, 0.1) is 14.2 Å². The molecule has 3 aromatic rings. The van der Waals surface area contributed by atoms with E-state index in [0.717, 1.165) is 17.1 Å². The van der Waals surface area contributed by atoms with Gasteiger partial charge in [-0.3, -0.25) is 0 Å². The van der Waals surface area contributed by atoms with Gasteiger partial charge < -0.3 is 9.47 Å². The Hall–Kier alpha value is -2.52. The number of rotatable bonds is 5. The molecule has 2 aromatic carbocycles. The van der Waals surface area contributed by atoms with Crippen LogP contribution in [0.15, 0.2) is 60.0 Å². The van der Waals surface area contributed by atoms with Crippen molar-refractivity contribution in [3.8, 4) is 21.9 Å². The fourth-order valence-electron chi connectivity index (χ4n) is 2.41. The number of ether oxygens (including phenoxy) is 2. The van der Waals surface area contributed by atoms with E-state index >= 15 is 0 Å². The summed E-state index contributed by atoms with van der Waals surface area (Å²) in [5.74, 6) is 1.58. The Morgan fingerprint density at radius 2 is 1.57 bits per heavy atom. The first kappa shape index (κ1) is 15.4. The lowest BCUT2D eigenvalue weighted by Gasteiger charge is -2.06. The lowest BCUT2D eigenvalue weighted by Crippen LogP contribution is -1.88. The van der Waals surface area contributed by atoms with Gasteiger partial charge in [0.25, 0.3) is 0 Å². The molecule has 1 aromatic heterocycles. The molecule has 0 saturated carbocycles. The highest BCUT2D eigenvalue weighted by molar-refractivity contribution is 7.13. The molecule has 116 valence electrons. The second-order valence-corrected chi connectivity index (χ2v) is 5.99. The molecule has 0 fully saturated rings. The highest BCUT2D eigenvalue weighted by Crippen LogP contribution is 2.30. The summed E-state index contributed by atoms with van der Waals surface area (Å²) in [6.45, 7) is 0. The Kier molecular flexibility index (Phi) is 4.79. The van der Waals surface area contributed by atoms with Crippen LogP contribution < -0.4 is 9.47 Å². The molecule has 3 heteroatoms. The van der Waals surface area contributed by atoms with Crippen LogP contribution in [0.2, 0.25) is 0 Å². The summed E-state index contributed by atoms with van der Waals surface area (Å²) < 4.78 is 10.6. The van der Waals surface area contributed by atoms with Crippen molar-refractivity contribution in [3.63, 3.8) is 0 Å². The van der Waals surface area contributed by atoms with Crippen molar-refractivity contribution in [2.45, 2.75) is 0 Å². The second kappa shape index (κ2) is 7.16. The second-order valence-electron chi connectivity index (χ2n) is 5.04. The zero-order valence-electron chi connectivity index (χ0n) is 13.2. The normalized spacial score (nSPS) is 10.9. The zero-order chi connectivity index (χ0) is 16.1. The maximum Gasteiger partial charge on any atom is 0.123 e. The van der Waals surface area contributed by atoms with Gasteiger partial charge in [-0.25, -0.2) is 0 Å². The van der Waals surface area contributed by atoms with Crippen LogP contribution in [0, 0.1) is 0 Å². The Labute approximate surface area is 140 Å². The number of methoxy groups -OCH3 is 2. The van der Waals surface area contributed by atoms with Crippen molar-refractivity contribution >= 4 is 23.5 Å². The number of benzene rings is 2. The van der Waals surface area contributed by atoms with Gasteiger partial charge >= 0.3 is 0 Å². The number of hydrogen-bond donors (Lipinski definition) is 0. The minimum absolute atomic E-state index is 0.788. The van der Waals surface area contributed by atoms with Crippen molar-refractivity contribution in [1.82, 2.24) is 0 Å². The van der Waals surface area contributed by atoms with Crippen LogP contribution >= 0.6 is 11.3 Å². The van der Waals surface area contributed by atoms with Crippen LogP contribution in [0.25, 0.3) is 22.6 Å². The summed E-state index contributed by atoms with van der Waals surface area (Å²) in [5.41, 5.74) is 3.48. The van der Waals surface area contributed by atoms with Gasteiger partial charge in [0.2, 0.25) is 0 Å². The SMILES string of the molecule is COc1cc(C=Cc2ccccc2-c2cccs2)cc(OC)c1. The van der Waals surface area contributed by atoms with Gasteiger partial charge in [0.1, 0.15) is 11.5 Å². The van der Waals surface area contributed by atoms with E-state index in [1.54, 1.807) is 25.6 Å². The number of thiophene rings is 1. The van der Waals surface area contributed by atoms with Gasteiger partial charge in [-0.05, 0) is 40.3 Å². The summed E-state index contributed by atoms with van der Waals surface area (Å²) in [7, 11) is 3.32. The van der Waals surface area contributed by atoms with Crippen LogP contribution in [0.4, 0.5) is 0 Å². The topological polar surface area (TPSA) is 18.5 Å². The predicted molar refractivity (Wildman–Crippen MR) is 98.2 cm³/mol. The molecule has 0 spiro atoms. The molecule has 2 nitrogen and oxygen atoms in total. The van der Waals surface area contributed by atoms with Crippen LogP contribution in [-0.2, 0) is 0 Å². The molecule has 0 atom stereocenters. The van der Waals surface area contributed by atoms with Crippen molar-refractivity contribution in [2.24, 2.45) is 0 Å². The molecular weight excluding hydrogens is 304 g/mol. The Balaban J connectivity index is 1.95. The van der Waals surface area contributed by atoms with E-state index in [4.69, 9.17) is 9.47 Å². The highest BCUT2D eigenvalue weighted by Gasteiger charge is 2.03. The molecule has 1 heterocycles. The lowest BCUT2D eigenvalue weighted by molar-refractivity contribution is 0.394. The molecular formula is C20H18O2S. The van der Waals surface area contributed by atoms with Crippen LogP contribution in [-0.4, -0.2) is 14.2 Å². The molecule has 0 amide bonds. The quantitative estimate of drug-likeness (QED) is 0.569. The Morgan fingerprint density at radius 3 is 2.22 bits per heavy atom. The summed E-state index contributed by atoms with van der Waals surface area (Å²) in [6, 6.07) is 18.5. The maximum atomic E-state index is 5.32. The third kappa shape index (κ3) is 3.63. The molecule has 0 unspecified atom stereocenters. The smallest absolute Gasteiger partial charge is 0.123 e. The van der Waals surface area contributed by atoms with Crippen LogP contribution in [0.1, 0.15) is 11.1 Å². The van der Waals surface area contributed by atoms with E-state index in [1.165, 1.54) is 16.0 Å². The molecule has 0 aliphatic rings. The first-order chi connectivity index (χ1) is 11.3. The van der Waals surface area contributed by atoms with Crippen LogP contribution in [0.3, 0.4) is 0 Å². The fourth-order valence-corrected chi connectivity index (χ4v) is 3.18. The van der Waals surface area contributed by atoms with Gasteiger partial charge in [-0.15, -0.1) is 11.3 Å². The van der Waals surface area contributed by atoms with Crippen molar-refractivity contribution < 1.29 is 9.47 Å². The highest BCUT2D eigenvalue weighted by atomic mass is 32.1. The summed E-state index contributed by atoms with van der Waals surface area (Å²) in [4.78, 5) is 1.27. The average molecular weight is 322 g/mol. The summed E-state index contributed by atoms with van der Waals surface area (Å²) in [5, 5.41) is 2.10. The molecule has 0 bridgehead atoms. The van der Waals surface area contributed by atoms with E-state index < -0.39 is 0 Å². The van der Waals surface area contributed by atoms with Gasteiger partial charge in [0.15, 0.2) is 0 Å². The Morgan fingerprint density at radius 1 is 0.826 bits per heavy atom. The monoisotopic (exact) mass is 322 g/mol. The lowest BCUT2D eigenvalue weighted by atomic mass is 10.0. The minimum atomic E-state index is 0.788. The predicted octanol–water partition coefficient (Wildman–Crippen LogP) is 5.60. The summed E-state index contributed by atoms with van der Waals surface area (Å²) >= 11 is 1.75. The third-order valence-electron chi connectivity index (χ3n) is 3.58. The van der Waals surface area contributed by atoms with Gasteiger partial charge in [-0.2, -0.15) is 0 Å². The average Bonchev–Trinajstić information content (AvgIpc) is 3.14. The zero-order valence-corrected chi connectivity index (χ0v) is 14.0. The summed E-state index contributed by atoms with van der Waals surface area (Å²) in [6.07, 6.45) is 4.21. The standard InChI is InChI=1S/C20H18O2S/c1-21-17-12-15(13-18(14-17)22-2)9-10-16-6-3-4-7-19(16)20-8-5-11-23-20/h3-14H,1-2H3. The molecule has 0 radical (unpaired) electrons. The van der Waals surface area contributed by atoms with E-state index in [2.05, 4.69) is 53.9 Å². The van der Waals surface area contributed by atoms with E-state index in [0.29, 0.717) is 0 Å². The van der Waals surface area contributed by atoms with Crippen molar-refractivity contribution in [1.29, 1.82) is 0 Å². The molecule has 3 rings (SSSR count). The largest absolute Gasteiger partial charge is 0.497 e. The van der Waals surface area contributed by atoms with Gasteiger partial charge in [0, 0.05) is 10.9 Å². The van der Waals surface area contributed by atoms with E-state index in [-0.39, 0.29) is 0 Å².